The summed E-state index contributed by atoms with van der Waals surface area (Å²) in [5.74, 6) is 1.23. The molecule has 0 fully saturated rings. The van der Waals surface area contributed by atoms with Gasteiger partial charge in [-0.2, -0.15) is 0 Å². The molecule has 102 valence electrons. The summed E-state index contributed by atoms with van der Waals surface area (Å²) >= 11 is 1.38. The van der Waals surface area contributed by atoms with Crippen LogP contribution in [0.5, 0.6) is 11.5 Å². The topological polar surface area (TPSA) is 60.5 Å². The van der Waals surface area contributed by atoms with Crippen molar-refractivity contribution in [2.24, 2.45) is 0 Å². The third kappa shape index (κ3) is 2.97. The normalized spacial score (nSPS) is 13.4. The predicted octanol–water partition coefficient (Wildman–Crippen LogP) is 2.57. The summed E-state index contributed by atoms with van der Waals surface area (Å²) in [5.41, 5.74) is 0.878. The van der Waals surface area contributed by atoms with Gasteiger partial charge in [0, 0.05) is 17.7 Å². The van der Waals surface area contributed by atoms with Crippen LogP contribution in [0.4, 0.5) is 5.13 Å². The van der Waals surface area contributed by atoms with Crippen LogP contribution in [0.15, 0.2) is 35.9 Å². The Balaban J connectivity index is 1.67. The lowest BCUT2D eigenvalue weighted by molar-refractivity contribution is -0.111. The van der Waals surface area contributed by atoms with Crippen LogP contribution in [0.25, 0.3) is 6.08 Å². The van der Waals surface area contributed by atoms with Crippen molar-refractivity contribution < 1.29 is 14.3 Å². The fraction of sp³-hybridized carbons (Fsp3) is 0.143. The number of thiazole rings is 1. The highest BCUT2D eigenvalue weighted by atomic mass is 32.1. The Morgan fingerprint density at radius 3 is 2.95 bits per heavy atom. The number of nitrogens with zero attached hydrogens (tertiary/aromatic N) is 1. The van der Waals surface area contributed by atoms with E-state index >= 15 is 0 Å². The summed E-state index contributed by atoms with van der Waals surface area (Å²) in [7, 11) is 0. The molecule has 2 heterocycles. The van der Waals surface area contributed by atoms with E-state index in [9.17, 15) is 4.79 Å². The second-order valence-electron chi connectivity index (χ2n) is 4.06. The zero-order valence-corrected chi connectivity index (χ0v) is 11.4. The van der Waals surface area contributed by atoms with Gasteiger partial charge in [-0.1, -0.05) is 6.07 Å². The van der Waals surface area contributed by atoms with Crippen LogP contribution in [0.2, 0.25) is 0 Å². The smallest absolute Gasteiger partial charge is 0.250 e. The van der Waals surface area contributed by atoms with E-state index < -0.39 is 0 Å². The molecule has 1 aliphatic rings. The highest BCUT2D eigenvalue weighted by molar-refractivity contribution is 7.13. The molecule has 2 aromatic rings. The number of aromatic nitrogens is 1. The molecule has 20 heavy (non-hydrogen) atoms. The number of amides is 1. The van der Waals surface area contributed by atoms with Crippen LogP contribution < -0.4 is 14.8 Å². The van der Waals surface area contributed by atoms with Gasteiger partial charge in [0.15, 0.2) is 16.6 Å². The average molecular weight is 288 g/mol. The molecular weight excluding hydrogens is 276 g/mol. The predicted molar refractivity (Wildman–Crippen MR) is 77.2 cm³/mol. The zero-order chi connectivity index (χ0) is 13.8. The van der Waals surface area contributed by atoms with Gasteiger partial charge in [0.05, 0.1) is 0 Å². The number of benzene rings is 1. The first-order valence-electron chi connectivity index (χ1n) is 6.09. The van der Waals surface area contributed by atoms with E-state index in [2.05, 4.69) is 10.3 Å². The maximum absolute atomic E-state index is 11.7. The van der Waals surface area contributed by atoms with Gasteiger partial charge in [0.1, 0.15) is 13.2 Å². The molecular formula is C14H12N2O3S. The number of carbonyl (C=O) groups excluding carboxylic acids is 1. The Bertz CT molecular complexity index is 638. The molecule has 0 saturated carbocycles. The second kappa shape index (κ2) is 5.75. The number of nitrogens with one attached hydrogen (secondary N) is 1. The number of carbonyl (C=O) groups is 1. The molecule has 0 atom stereocenters. The molecule has 1 amide bonds. The Morgan fingerprint density at radius 2 is 2.15 bits per heavy atom. The molecule has 0 radical (unpaired) electrons. The number of rotatable bonds is 3. The molecule has 1 aromatic carbocycles. The molecule has 0 saturated heterocycles. The molecule has 0 unspecified atom stereocenters. The van der Waals surface area contributed by atoms with Gasteiger partial charge in [0.25, 0.3) is 0 Å². The summed E-state index contributed by atoms with van der Waals surface area (Å²) in [6.45, 7) is 1.11. The van der Waals surface area contributed by atoms with Crippen molar-refractivity contribution in [1.82, 2.24) is 4.98 Å². The largest absolute Gasteiger partial charge is 0.486 e. The lowest BCUT2D eigenvalue weighted by Gasteiger charge is -2.18. The van der Waals surface area contributed by atoms with Crippen LogP contribution in [0.1, 0.15) is 5.56 Å². The minimum atomic E-state index is -0.213. The maximum Gasteiger partial charge on any atom is 0.250 e. The van der Waals surface area contributed by atoms with Crippen molar-refractivity contribution in [1.29, 1.82) is 0 Å². The van der Waals surface area contributed by atoms with E-state index in [0.29, 0.717) is 24.1 Å². The van der Waals surface area contributed by atoms with Crippen molar-refractivity contribution in [3.05, 3.63) is 41.4 Å². The summed E-state index contributed by atoms with van der Waals surface area (Å²) in [4.78, 5) is 15.7. The third-order valence-electron chi connectivity index (χ3n) is 2.66. The van der Waals surface area contributed by atoms with Crippen molar-refractivity contribution in [3.8, 4) is 11.5 Å². The Kier molecular flexibility index (Phi) is 3.64. The van der Waals surface area contributed by atoms with Gasteiger partial charge in [-0.15, -0.1) is 11.3 Å². The average Bonchev–Trinajstić information content (AvgIpc) is 2.98. The van der Waals surface area contributed by atoms with Crippen LogP contribution in [0, 0.1) is 0 Å². The van der Waals surface area contributed by atoms with Gasteiger partial charge in [0.2, 0.25) is 5.91 Å². The summed E-state index contributed by atoms with van der Waals surface area (Å²) < 4.78 is 10.9. The minimum Gasteiger partial charge on any atom is -0.486 e. The van der Waals surface area contributed by atoms with Gasteiger partial charge < -0.3 is 9.47 Å². The first-order chi connectivity index (χ1) is 9.81. The molecule has 0 bridgehead atoms. The van der Waals surface area contributed by atoms with Crippen LogP contribution in [0.3, 0.4) is 0 Å². The molecule has 0 aliphatic carbocycles. The van der Waals surface area contributed by atoms with E-state index in [4.69, 9.17) is 9.47 Å². The highest BCUT2D eigenvalue weighted by Gasteiger charge is 2.10. The molecule has 5 nitrogen and oxygen atoms in total. The van der Waals surface area contributed by atoms with Crippen molar-refractivity contribution in [3.63, 3.8) is 0 Å². The van der Waals surface area contributed by atoms with Gasteiger partial charge in [-0.3, -0.25) is 10.1 Å². The van der Waals surface area contributed by atoms with E-state index in [1.165, 1.54) is 17.4 Å². The molecule has 0 spiro atoms. The van der Waals surface area contributed by atoms with E-state index in [0.717, 1.165) is 11.3 Å². The Labute approximate surface area is 119 Å². The van der Waals surface area contributed by atoms with E-state index in [1.54, 1.807) is 17.7 Å². The number of hydrogen-bond donors (Lipinski definition) is 1. The number of ether oxygens (including phenoxy) is 2. The van der Waals surface area contributed by atoms with E-state index in [1.807, 2.05) is 18.2 Å². The summed E-state index contributed by atoms with van der Waals surface area (Å²) in [6.07, 6.45) is 4.83. The molecule has 6 heteroatoms. The number of hydrogen-bond acceptors (Lipinski definition) is 5. The van der Waals surface area contributed by atoms with Gasteiger partial charge >= 0.3 is 0 Å². The Morgan fingerprint density at radius 1 is 1.30 bits per heavy atom. The lowest BCUT2D eigenvalue weighted by Crippen LogP contribution is -2.15. The van der Waals surface area contributed by atoms with Gasteiger partial charge in [-0.25, -0.2) is 4.98 Å². The quantitative estimate of drug-likeness (QED) is 0.882. The second-order valence-corrected chi connectivity index (χ2v) is 4.96. The SMILES string of the molecule is O=C(/C=C/c1ccc2c(c1)OCCO2)Nc1nccs1. The third-order valence-corrected chi connectivity index (χ3v) is 3.34. The van der Waals surface area contributed by atoms with Gasteiger partial charge in [-0.05, 0) is 23.8 Å². The summed E-state index contributed by atoms with van der Waals surface area (Å²) in [5, 5.41) is 5.07. The maximum atomic E-state index is 11.7. The van der Waals surface area contributed by atoms with Crippen molar-refractivity contribution >= 4 is 28.5 Å². The molecule has 1 aliphatic heterocycles. The molecule has 3 rings (SSSR count). The monoisotopic (exact) mass is 288 g/mol. The van der Waals surface area contributed by atoms with Crippen LogP contribution >= 0.6 is 11.3 Å². The lowest BCUT2D eigenvalue weighted by atomic mass is 10.2. The number of anilines is 1. The highest BCUT2D eigenvalue weighted by Crippen LogP contribution is 2.31. The van der Waals surface area contributed by atoms with Crippen LogP contribution in [-0.4, -0.2) is 24.1 Å². The minimum absolute atomic E-state index is 0.213. The fourth-order valence-corrected chi connectivity index (χ4v) is 2.30. The van der Waals surface area contributed by atoms with Crippen LogP contribution in [-0.2, 0) is 4.79 Å². The standard InChI is InChI=1S/C14H12N2O3S/c17-13(16-14-15-5-8-20-14)4-2-10-1-3-11-12(9-10)19-7-6-18-11/h1-5,8-9H,6-7H2,(H,15,16,17)/b4-2+. The first kappa shape index (κ1) is 12.7. The zero-order valence-electron chi connectivity index (χ0n) is 10.5. The first-order valence-corrected chi connectivity index (χ1v) is 6.97. The summed E-state index contributed by atoms with van der Waals surface area (Å²) in [6, 6.07) is 5.56. The Hall–Kier alpha value is -2.34. The molecule has 1 aromatic heterocycles. The van der Waals surface area contributed by atoms with E-state index in [-0.39, 0.29) is 5.91 Å². The van der Waals surface area contributed by atoms with Crippen molar-refractivity contribution in [2.75, 3.05) is 18.5 Å². The fourth-order valence-electron chi connectivity index (χ4n) is 1.77. The number of fused-ring (bicyclic) bond motifs is 1. The van der Waals surface area contributed by atoms with Crippen molar-refractivity contribution in [2.45, 2.75) is 0 Å². The molecule has 1 N–H and O–H groups in total.